The Morgan fingerprint density at radius 2 is 1.83 bits per heavy atom. The van der Waals surface area contributed by atoms with E-state index >= 15 is 0 Å². The Kier molecular flexibility index (Phi) is 5.48. The van der Waals surface area contributed by atoms with Crippen LogP contribution < -0.4 is 10.6 Å². The van der Waals surface area contributed by atoms with E-state index in [9.17, 15) is 4.79 Å². The van der Waals surface area contributed by atoms with Crippen molar-refractivity contribution < 1.29 is 4.79 Å². The predicted molar refractivity (Wildman–Crippen MR) is 74.4 cm³/mol. The third-order valence-corrected chi connectivity index (χ3v) is 4.65. The van der Waals surface area contributed by atoms with Crippen LogP contribution in [0, 0.1) is 11.8 Å². The van der Waals surface area contributed by atoms with E-state index in [0.717, 1.165) is 25.9 Å². The van der Waals surface area contributed by atoms with E-state index < -0.39 is 0 Å². The number of piperidine rings is 1. The van der Waals surface area contributed by atoms with Crippen molar-refractivity contribution in [1.29, 1.82) is 0 Å². The molecule has 1 heterocycles. The third-order valence-electron chi connectivity index (χ3n) is 4.65. The van der Waals surface area contributed by atoms with E-state index in [4.69, 9.17) is 0 Å². The molecule has 18 heavy (non-hydrogen) atoms. The summed E-state index contributed by atoms with van der Waals surface area (Å²) in [5, 5.41) is 6.70. The zero-order valence-electron chi connectivity index (χ0n) is 11.7. The van der Waals surface area contributed by atoms with Gasteiger partial charge < -0.3 is 10.6 Å². The first-order chi connectivity index (χ1) is 8.77. The maximum absolute atomic E-state index is 12.2. The van der Waals surface area contributed by atoms with Gasteiger partial charge in [-0.15, -0.1) is 0 Å². The molecule has 3 nitrogen and oxygen atoms in total. The average molecular weight is 252 g/mol. The number of carbonyl (C=O) groups is 1. The van der Waals surface area contributed by atoms with Crippen molar-refractivity contribution >= 4 is 5.91 Å². The minimum atomic E-state index is 0.284. The van der Waals surface area contributed by atoms with Gasteiger partial charge >= 0.3 is 0 Å². The third kappa shape index (κ3) is 3.98. The number of amides is 1. The Hall–Kier alpha value is -0.570. The molecular weight excluding hydrogens is 224 g/mol. The van der Waals surface area contributed by atoms with Gasteiger partial charge in [-0.25, -0.2) is 0 Å². The predicted octanol–water partition coefficient (Wildman–Crippen LogP) is 2.46. The molecule has 1 aliphatic heterocycles. The average Bonchev–Trinajstić information content (AvgIpc) is 2.66. The highest BCUT2D eigenvalue weighted by Gasteiger charge is 2.24. The van der Waals surface area contributed by atoms with Crippen molar-refractivity contribution in [2.24, 2.45) is 11.8 Å². The summed E-state index contributed by atoms with van der Waals surface area (Å²) in [7, 11) is 0. The smallest absolute Gasteiger partial charge is 0.223 e. The topological polar surface area (TPSA) is 41.1 Å². The zero-order chi connectivity index (χ0) is 12.8. The molecule has 2 N–H and O–H groups in total. The van der Waals surface area contributed by atoms with Crippen molar-refractivity contribution in [3.63, 3.8) is 0 Å². The van der Waals surface area contributed by atoms with Gasteiger partial charge in [0.05, 0.1) is 0 Å². The lowest BCUT2D eigenvalue weighted by atomic mass is 9.92. The maximum Gasteiger partial charge on any atom is 0.223 e. The van der Waals surface area contributed by atoms with E-state index in [1.807, 2.05) is 0 Å². The summed E-state index contributed by atoms with van der Waals surface area (Å²) < 4.78 is 0. The SMILES string of the molecule is CC1CCCNC1CNC(=O)C1CCCCCC1. The molecule has 0 aromatic heterocycles. The molecule has 1 amide bonds. The summed E-state index contributed by atoms with van der Waals surface area (Å²) in [4.78, 5) is 12.2. The molecule has 1 saturated carbocycles. The lowest BCUT2D eigenvalue weighted by Gasteiger charge is -2.30. The minimum Gasteiger partial charge on any atom is -0.354 e. The summed E-state index contributed by atoms with van der Waals surface area (Å²) in [6, 6.07) is 0.480. The van der Waals surface area contributed by atoms with Crippen molar-refractivity contribution in [1.82, 2.24) is 10.6 Å². The Balaban J connectivity index is 1.72. The molecule has 0 aromatic rings. The Morgan fingerprint density at radius 1 is 1.11 bits per heavy atom. The van der Waals surface area contributed by atoms with Gasteiger partial charge in [0.2, 0.25) is 5.91 Å². The van der Waals surface area contributed by atoms with Crippen molar-refractivity contribution in [2.75, 3.05) is 13.1 Å². The van der Waals surface area contributed by atoms with Gasteiger partial charge in [-0.1, -0.05) is 32.6 Å². The number of nitrogens with one attached hydrogen (secondary N) is 2. The molecule has 0 aromatic carbocycles. The highest BCUT2D eigenvalue weighted by molar-refractivity contribution is 5.78. The second-order valence-electron chi connectivity index (χ2n) is 6.11. The van der Waals surface area contributed by atoms with Crippen LogP contribution in [0.3, 0.4) is 0 Å². The first kappa shape index (κ1) is 13.9. The van der Waals surface area contributed by atoms with Crippen LogP contribution in [-0.2, 0) is 4.79 Å². The second kappa shape index (κ2) is 7.13. The second-order valence-corrected chi connectivity index (χ2v) is 6.11. The molecule has 2 unspecified atom stereocenters. The summed E-state index contributed by atoms with van der Waals surface area (Å²) in [5.74, 6) is 1.27. The van der Waals surface area contributed by atoms with Crippen LogP contribution in [0.15, 0.2) is 0 Å². The van der Waals surface area contributed by atoms with E-state index in [-0.39, 0.29) is 5.92 Å². The van der Waals surface area contributed by atoms with Gasteiger partial charge in [0, 0.05) is 18.5 Å². The van der Waals surface area contributed by atoms with E-state index in [1.54, 1.807) is 0 Å². The van der Waals surface area contributed by atoms with Crippen LogP contribution in [0.25, 0.3) is 0 Å². The molecule has 0 bridgehead atoms. The summed E-state index contributed by atoms with van der Waals surface area (Å²) in [5.41, 5.74) is 0. The van der Waals surface area contributed by atoms with Crippen LogP contribution in [0.5, 0.6) is 0 Å². The number of rotatable bonds is 3. The Bertz CT molecular complexity index is 259. The highest BCUT2D eigenvalue weighted by Crippen LogP contribution is 2.23. The lowest BCUT2D eigenvalue weighted by Crippen LogP contribution is -2.48. The van der Waals surface area contributed by atoms with Crippen LogP contribution in [0.2, 0.25) is 0 Å². The van der Waals surface area contributed by atoms with Gasteiger partial charge in [-0.05, 0) is 38.1 Å². The Labute approximate surface area is 111 Å². The molecule has 2 rings (SSSR count). The van der Waals surface area contributed by atoms with Crippen molar-refractivity contribution in [3.8, 4) is 0 Å². The van der Waals surface area contributed by atoms with Gasteiger partial charge in [-0.2, -0.15) is 0 Å². The maximum atomic E-state index is 12.2. The number of hydrogen-bond donors (Lipinski definition) is 2. The summed E-state index contributed by atoms with van der Waals surface area (Å²) in [6.07, 6.45) is 9.84. The van der Waals surface area contributed by atoms with E-state index in [0.29, 0.717) is 17.9 Å². The fourth-order valence-corrected chi connectivity index (χ4v) is 3.28. The first-order valence-electron chi connectivity index (χ1n) is 7.78. The largest absolute Gasteiger partial charge is 0.354 e. The number of hydrogen-bond acceptors (Lipinski definition) is 2. The van der Waals surface area contributed by atoms with Crippen molar-refractivity contribution in [2.45, 2.75) is 64.3 Å². The molecule has 2 fully saturated rings. The van der Waals surface area contributed by atoms with Gasteiger partial charge in [0.1, 0.15) is 0 Å². The molecule has 104 valence electrons. The monoisotopic (exact) mass is 252 g/mol. The molecular formula is C15H28N2O. The summed E-state index contributed by atoms with van der Waals surface area (Å²) in [6.45, 7) is 4.21. The van der Waals surface area contributed by atoms with Crippen molar-refractivity contribution in [3.05, 3.63) is 0 Å². The Morgan fingerprint density at radius 3 is 2.50 bits per heavy atom. The molecule has 3 heteroatoms. The van der Waals surface area contributed by atoms with Gasteiger partial charge in [0.25, 0.3) is 0 Å². The zero-order valence-corrected chi connectivity index (χ0v) is 11.7. The number of carbonyl (C=O) groups excluding carboxylic acids is 1. The lowest BCUT2D eigenvalue weighted by molar-refractivity contribution is -0.125. The standard InChI is InChI=1S/C15H28N2O/c1-12-7-6-10-16-14(12)11-17-15(18)13-8-4-2-3-5-9-13/h12-14,16H,2-11H2,1H3,(H,17,18). The minimum absolute atomic E-state index is 0.284. The van der Waals surface area contributed by atoms with E-state index in [2.05, 4.69) is 17.6 Å². The van der Waals surface area contributed by atoms with Crippen LogP contribution >= 0.6 is 0 Å². The molecule has 1 aliphatic carbocycles. The van der Waals surface area contributed by atoms with Crippen LogP contribution in [0.4, 0.5) is 0 Å². The van der Waals surface area contributed by atoms with E-state index in [1.165, 1.54) is 38.5 Å². The van der Waals surface area contributed by atoms with Crippen LogP contribution in [0.1, 0.15) is 58.3 Å². The highest BCUT2D eigenvalue weighted by atomic mass is 16.1. The fraction of sp³-hybridized carbons (Fsp3) is 0.933. The quantitative estimate of drug-likeness (QED) is 0.758. The van der Waals surface area contributed by atoms with Gasteiger partial charge in [-0.3, -0.25) is 4.79 Å². The van der Waals surface area contributed by atoms with Crippen LogP contribution in [-0.4, -0.2) is 25.0 Å². The van der Waals surface area contributed by atoms with Gasteiger partial charge in [0.15, 0.2) is 0 Å². The molecule has 2 aliphatic rings. The normalized spacial score (nSPS) is 30.7. The fourth-order valence-electron chi connectivity index (χ4n) is 3.28. The molecule has 0 radical (unpaired) electrons. The molecule has 2 atom stereocenters. The molecule has 1 saturated heterocycles. The molecule has 0 spiro atoms. The summed E-state index contributed by atoms with van der Waals surface area (Å²) >= 11 is 0. The first-order valence-corrected chi connectivity index (χ1v) is 7.78.